The van der Waals surface area contributed by atoms with Crippen LogP contribution < -0.4 is 0 Å². The van der Waals surface area contributed by atoms with Crippen molar-refractivity contribution in [1.82, 2.24) is 42.4 Å². The van der Waals surface area contributed by atoms with E-state index in [-0.39, 0.29) is 0 Å². The lowest BCUT2D eigenvalue weighted by molar-refractivity contribution is 1.07. The monoisotopic (exact) mass is 1840 g/mol. The molecule has 0 N–H and O–H groups in total. The fourth-order valence-electron chi connectivity index (χ4n) is 22.2. The average Bonchev–Trinajstić information content (AvgIpc) is 1.56. The predicted molar refractivity (Wildman–Crippen MR) is 589 cm³/mol. The first-order valence-electron chi connectivity index (χ1n) is 48.2. The van der Waals surface area contributed by atoms with Gasteiger partial charge in [-0.1, -0.05) is 291 Å². The number of fused-ring (bicyclic) bond motifs is 18. The molecule has 7 heterocycles. The minimum atomic E-state index is 0.459. The number of nitrogens with zero attached hydrogens (tertiary/aromatic N) is 13. The predicted octanol–water partition coefficient (Wildman–Crippen LogP) is 32.5. The van der Waals surface area contributed by atoms with Crippen LogP contribution in [0, 0.1) is 73.0 Å². The molecular weight excluding hydrogens is 1760 g/mol. The molecule has 0 spiro atoms. The summed E-state index contributed by atoms with van der Waals surface area (Å²) in [6, 6.07) is 163. The second-order valence-electron chi connectivity index (χ2n) is 36.8. The van der Waals surface area contributed by atoms with Crippen molar-refractivity contribution in [2.45, 2.75) is 27.7 Å². The minimum Gasteiger partial charge on any atom is -0.309 e. The van der Waals surface area contributed by atoms with E-state index in [9.17, 15) is 21.0 Å². The molecule has 0 aliphatic rings. The quantitative estimate of drug-likeness (QED) is 0.117. The van der Waals surface area contributed by atoms with Gasteiger partial charge in [0, 0.05) is 110 Å². The van der Waals surface area contributed by atoms with Gasteiger partial charge in [-0.2, -0.15) is 21.0 Å². The van der Waals surface area contributed by atoms with Crippen LogP contribution in [0.25, 0.3) is 233 Å². The van der Waals surface area contributed by atoms with Crippen LogP contribution in [-0.2, 0) is 0 Å². The van der Waals surface area contributed by atoms with E-state index in [4.69, 9.17) is 15.0 Å². The standard InChI is InChI=1S/C47H33N5.C44H26N4.C40H26N4/c1-30-16-15-17-31(2)43(30)52-42-27-14-11-24-37(42)38-28-34(51-40-25-12-9-22-35(40)36-23-10-13-26-41(36)51)29-39(44(38)52)47-49-45(32-18-5-3-6-19-32)48-46(50-47)33-20-7-4-8-21-33;45-27-29-23-30(28-46)25-32(24-29)43-35(20-22-42-44(43)37-16-8-10-18-40(37)48(42)34-13-5-2-6-14-34)31-19-21-41-38(26-31)36-15-7-9-17-39(36)47(41)33-11-3-1-4-12-33;1-25-10-9-11-26(2)39(25)44-38-17-8-5-14-33(38)35-22-30(21-34(40(35)44)29-19-27(23-41)18-28(20-29)24-42)43-36-15-6-3-12-31(36)32-13-4-7-16-37(32)43/h3-29H,1-2H3;1-26H;3-22H,1-2H3. The third kappa shape index (κ3) is 14.3. The van der Waals surface area contributed by atoms with Gasteiger partial charge in [-0.05, 0) is 229 Å². The van der Waals surface area contributed by atoms with Crippen LogP contribution in [0.5, 0.6) is 0 Å². The Bertz CT molecular complexity index is 9870. The van der Waals surface area contributed by atoms with Gasteiger partial charge in [-0.25, -0.2) is 15.0 Å². The molecule has 20 aromatic carbocycles. The third-order valence-electron chi connectivity index (χ3n) is 28.3. The Kier molecular flexibility index (Phi) is 21.0. The molecule has 0 radical (unpaired) electrons. The Hall–Kier alpha value is -19.8. The Morgan fingerprint density at radius 1 is 0.188 bits per heavy atom. The van der Waals surface area contributed by atoms with Crippen molar-refractivity contribution in [3.63, 3.8) is 0 Å². The molecule has 0 atom stereocenters. The van der Waals surface area contributed by atoms with E-state index in [1.54, 1.807) is 12.1 Å². The number of para-hydroxylation sites is 12. The Balaban J connectivity index is 0.000000113. The number of rotatable bonds is 12. The summed E-state index contributed by atoms with van der Waals surface area (Å²) in [5, 5.41) is 53.8. The highest BCUT2D eigenvalue weighted by molar-refractivity contribution is 6.22. The molecule has 0 saturated carbocycles. The van der Waals surface area contributed by atoms with Crippen molar-refractivity contribution in [1.29, 1.82) is 21.0 Å². The van der Waals surface area contributed by atoms with E-state index in [0.717, 1.165) is 177 Å². The van der Waals surface area contributed by atoms with Gasteiger partial charge in [0.05, 0.1) is 124 Å². The average molecular weight is 1840 g/mol. The van der Waals surface area contributed by atoms with E-state index in [2.05, 4.69) is 437 Å². The molecule has 27 rings (SSSR count). The molecule has 0 aliphatic carbocycles. The van der Waals surface area contributed by atoms with Gasteiger partial charge in [0.1, 0.15) is 0 Å². The molecule has 0 bridgehead atoms. The summed E-state index contributed by atoms with van der Waals surface area (Å²) in [5.41, 5.74) is 35.1. The van der Waals surface area contributed by atoms with Crippen LogP contribution in [-0.4, -0.2) is 42.4 Å². The molecule has 0 saturated heterocycles. The van der Waals surface area contributed by atoms with Gasteiger partial charge >= 0.3 is 0 Å². The highest BCUT2D eigenvalue weighted by atomic mass is 15.1. The van der Waals surface area contributed by atoms with Crippen LogP contribution in [0.3, 0.4) is 0 Å². The van der Waals surface area contributed by atoms with Gasteiger partial charge in [0.25, 0.3) is 0 Å². The lowest BCUT2D eigenvalue weighted by atomic mass is 9.88. The minimum absolute atomic E-state index is 0.459. The van der Waals surface area contributed by atoms with Gasteiger partial charge in [-0.15, -0.1) is 0 Å². The summed E-state index contributed by atoms with van der Waals surface area (Å²) < 4.78 is 14.1. The molecule has 7 aromatic heterocycles. The molecule has 0 fully saturated rings. The van der Waals surface area contributed by atoms with E-state index < -0.39 is 0 Å². The Labute approximate surface area is 829 Å². The Morgan fingerprint density at radius 3 is 0.889 bits per heavy atom. The van der Waals surface area contributed by atoms with Crippen molar-refractivity contribution in [2.75, 3.05) is 0 Å². The summed E-state index contributed by atoms with van der Waals surface area (Å²) in [4.78, 5) is 15.7. The van der Waals surface area contributed by atoms with Crippen molar-refractivity contribution in [3.05, 3.63) is 487 Å². The molecule has 0 unspecified atom stereocenters. The van der Waals surface area contributed by atoms with Gasteiger partial charge in [-0.3, -0.25) is 0 Å². The second-order valence-corrected chi connectivity index (χ2v) is 36.8. The van der Waals surface area contributed by atoms with Crippen molar-refractivity contribution in [3.8, 4) is 126 Å². The molecule has 674 valence electrons. The van der Waals surface area contributed by atoms with Gasteiger partial charge in [0.15, 0.2) is 17.5 Å². The summed E-state index contributed by atoms with van der Waals surface area (Å²) in [5.74, 6) is 1.89. The molecular formula is C131H85N13. The lowest BCUT2D eigenvalue weighted by Gasteiger charge is -2.18. The number of hydrogen-bond acceptors (Lipinski definition) is 7. The van der Waals surface area contributed by atoms with Crippen molar-refractivity contribution < 1.29 is 0 Å². The highest BCUT2D eigenvalue weighted by Gasteiger charge is 2.29. The zero-order valence-corrected chi connectivity index (χ0v) is 79.0. The SMILES string of the molecule is Cc1cccc(C)c1-n1c2ccccc2c2cc(-n3c4ccccc4c4ccccc43)cc(-c3cc(C#N)cc(C#N)c3)c21.Cc1cccc(C)c1-n1c2ccccc2c2cc(-n3c4ccccc4c4ccccc43)cc(-c3nc(-c4ccccc4)nc(-c4ccccc4)n3)c21.N#Cc1cc(C#N)cc(-c2c(-c3ccc4c(c3)c3ccccc3n4-c3ccccc3)ccc3c2c2ccccc2n3-c2ccccc2)c1. The van der Waals surface area contributed by atoms with E-state index in [1.807, 2.05) is 72.8 Å². The maximum atomic E-state index is 10.0. The zero-order valence-electron chi connectivity index (χ0n) is 79.0. The van der Waals surface area contributed by atoms with Crippen LogP contribution in [0.15, 0.2) is 443 Å². The molecule has 13 heteroatoms. The Morgan fingerprint density at radius 2 is 0.486 bits per heavy atom. The number of nitriles is 4. The van der Waals surface area contributed by atoms with E-state index >= 15 is 0 Å². The second kappa shape index (κ2) is 35.3. The molecule has 0 amide bonds. The number of benzene rings is 20. The zero-order chi connectivity index (χ0) is 96.9. The van der Waals surface area contributed by atoms with Crippen molar-refractivity contribution >= 4 is 131 Å². The fourth-order valence-corrected chi connectivity index (χ4v) is 22.2. The first kappa shape index (κ1) is 85.8. The molecule has 27 aromatic rings. The van der Waals surface area contributed by atoms with E-state index in [1.165, 1.54) is 60.3 Å². The summed E-state index contributed by atoms with van der Waals surface area (Å²) >= 11 is 0. The van der Waals surface area contributed by atoms with Crippen LogP contribution in [0.4, 0.5) is 0 Å². The first-order valence-corrected chi connectivity index (χ1v) is 48.2. The lowest BCUT2D eigenvalue weighted by Crippen LogP contribution is -2.05. The van der Waals surface area contributed by atoms with Crippen LogP contribution >= 0.6 is 0 Å². The highest BCUT2D eigenvalue weighted by Crippen LogP contribution is 2.50. The number of hydrogen-bond donors (Lipinski definition) is 0. The molecule has 144 heavy (non-hydrogen) atoms. The summed E-state index contributed by atoms with van der Waals surface area (Å²) in [7, 11) is 0. The number of aromatic nitrogens is 9. The van der Waals surface area contributed by atoms with Crippen LogP contribution in [0.1, 0.15) is 44.5 Å². The maximum absolute atomic E-state index is 10.0. The van der Waals surface area contributed by atoms with Crippen molar-refractivity contribution in [2.24, 2.45) is 0 Å². The van der Waals surface area contributed by atoms with Gasteiger partial charge in [0.2, 0.25) is 0 Å². The number of aryl methyl sites for hydroxylation is 4. The van der Waals surface area contributed by atoms with Gasteiger partial charge < -0.3 is 27.4 Å². The van der Waals surface area contributed by atoms with Crippen LogP contribution in [0.2, 0.25) is 0 Å². The molecule has 13 nitrogen and oxygen atoms in total. The maximum Gasteiger partial charge on any atom is 0.166 e. The smallest absolute Gasteiger partial charge is 0.166 e. The normalized spacial score (nSPS) is 11.4. The topological polar surface area (TPSA) is 163 Å². The molecule has 0 aliphatic heterocycles. The summed E-state index contributed by atoms with van der Waals surface area (Å²) in [6.45, 7) is 8.69. The summed E-state index contributed by atoms with van der Waals surface area (Å²) in [6.07, 6.45) is 0. The first-order chi connectivity index (χ1) is 70.9. The third-order valence-corrected chi connectivity index (χ3v) is 28.3. The fraction of sp³-hybridized carbons (Fsp3) is 0.0305. The van der Waals surface area contributed by atoms with E-state index in [0.29, 0.717) is 39.7 Å². The largest absolute Gasteiger partial charge is 0.309 e.